The van der Waals surface area contributed by atoms with Crippen LogP contribution >= 0.6 is 0 Å². The molecule has 0 saturated carbocycles. The van der Waals surface area contributed by atoms with Gasteiger partial charge in [0.2, 0.25) is 0 Å². The van der Waals surface area contributed by atoms with E-state index in [2.05, 4.69) is 15.0 Å². The van der Waals surface area contributed by atoms with E-state index in [-0.39, 0.29) is 37.4 Å². The van der Waals surface area contributed by atoms with Gasteiger partial charge in [-0.05, 0) is 42.0 Å². The van der Waals surface area contributed by atoms with Gasteiger partial charge in [-0.3, -0.25) is 24.5 Å². The summed E-state index contributed by atoms with van der Waals surface area (Å²) in [6.45, 7) is 1.07. The zero-order chi connectivity index (χ0) is 28.8. The summed E-state index contributed by atoms with van der Waals surface area (Å²) in [7, 11) is 0. The molecular weight excluding hydrogens is 537 g/mol. The number of hydrogen-bond acceptors (Lipinski definition) is 7. The number of aromatic nitrogens is 2. The molecule has 3 aromatic rings. The summed E-state index contributed by atoms with van der Waals surface area (Å²) in [5, 5.41) is 0. The van der Waals surface area contributed by atoms with Crippen molar-refractivity contribution in [3.63, 3.8) is 0 Å². The zero-order valence-corrected chi connectivity index (χ0v) is 22.0. The van der Waals surface area contributed by atoms with Crippen LogP contribution in [0.4, 0.5) is 13.2 Å². The smallest absolute Gasteiger partial charge is 0.381 e. The van der Waals surface area contributed by atoms with E-state index < -0.39 is 28.7 Å². The molecular formula is C29H27F3N6O3. The van der Waals surface area contributed by atoms with E-state index in [1.54, 1.807) is 0 Å². The number of carbonyl (C=O) groups is 2. The number of rotatable bonds is 6. The lowest BCUT2D eigenvalue weighted by Gasteiger charge is -2.29. The maximum atomic E-state index is 14.0. The van der Waals surface area contributed by atoms with E-state index in [1.807, 2.05) is 30.3 Å². The van der Waals surface area contributed by atoms with Crippen LogP contribution in [-0.2, 0) is 40.9 Å². The molecule has 1 fully saturated rings. The van der Waals surface area contributed by atoms with Crippen LogP contribution in [0.5, 0.6) is 0 Å². The summed E-state index contributed by atoms with van der Waals surface area (Å²) in [4.78, 5) is 43.0. The Morgan fingerprint density at radius 1 is 1.07 bits per heavy atom. The van der Waals surface area contributed by atoms with Gasteiger partial charge < -0.3 is 15.4 Å². The van der Waals surface area contributed by atoms with Crippen LogP contribution in [0.15, 0.2) is 65.9 Å². The van der Waals surface area contributed by atoms with Crippen LogP contribution in [0.1, 0.15) is 51.3 Å². The highest BCUT2D eigenvalue weighted by Crippen LogP contribution is 2.41. The van der Waals surface area contributed by atoms with Gasteiger partial charge in [0, 0.05) is 25.6 Å². The lowest BCUT2D eigenvalue weighted by atomic mass is 9.81. The summed E-state index contributed by atoms with van der Waals surface area (Å²) >= 11 is 0. The van der Waals surface area contributed by atoms with E-state index >= 15 is 0 Å². The van der Waals surface area contributed by atoms with E-state index in [9.17, 15) is 22.8 Å². The topological polar surface area (TPSA) is 114 Å². The lowest BCUT2D eigenvalue weighted by molar-refractivity contribution is -0.138. The Morgan fingerprint density at radius 3 is 2.41 bits per heavy atom. The molecule has 2 atom stereocenters. The highest BCUT2D eigenvalue weighted by atomic mass is 19.4. The molecule has 2 aromatic carbocycles. The highest BCUT2D eigenvalue weighted by molar-refractivity contribution is 6.07. The lowest BCUT2D eigenvalue weighted by Crippen LogP contribution is -2.43. The quantitative estimate of drug-likeness (QED) is 0.489. The third-order valence-electron chi connectivity index (χ3n) is 7.83. The zero-order valence-electron chi connectivity index (χ0n) is 22.0. The molecule has 2 N–H and O–H groups in total. The summed E-state index contributed by atoms with van der Waals surface area (Å²) in [5.74, 6) is -1.10. The second-order valence-electron chi connectivity index (χ2n) is 10.5. The molecule has 3 aliphatic heterocycles. The molecule has 1 unspecified atom stereocenters. The molecule has 41 heavy (non-hydrogen) atoms. The molecule has 12 heteroatoms. The number of ether oxygens (including phenoxy) is 1. The average Bonchev–Trinajstić information content (AvgIpc) is 3.69. The number of benzene rings is 2. The number of amides is 2. The highest BCUT2D eigenvalue weighted by Gasteiger charge is 2.50. The van der Waals surface area contributed by atoms with Crippen LogP contribution in [0.3, 0.4) is 0 Å². The fourth-order valence-electron chi connectivity index (χ4n) is 5.79. The standard InChI is InChI=1S/C29H27F3N6O3/c30-29(31,32)22-7-6-18(12-21(22)25(39)37-15-23-24(16-37)35-10-9-34-23)14-38-26(40)28(36-27(38)33,13-19-8-11-41-17-19)20-4-2-1-3-5-20/h1-7,9-10,12,19H,8,11,13-17H2,(H2,33,36)/t19?,28-/m1/s1. The molecule has 4 heterocycles. The van der Waals surface area contributed by atoms with Crippen molar-refractivity contribution in [1.82, 2.24) is 19.8 Å². The molecule has 0 aliphatic carbocycles. The van der Waals surface area contributed by atoms with Gasteiger partial charge in [-0.1, -0.05) is 36.4 Å². The number of fused-ring (bicyclic) bond motifs is 1. The van der Waals surface area contributed by atoms with Crippen molar-refractivity contribution in [3.05, 3.63) is 94.6 Å². The van der Waals surface area contributed by atoms with Gasteiger partial charge >= 0.3 is 6.18 Å². The Kier molecular flexibility index (Phi) is 6.72. The first kappa shape index (κ1) is 26.9. The Bertz CT molecular complexity index is 1500. The normalized spacial score (nSPS) is 22.3. The minimum absolute atomic E-state index is 0.0299. The Labute approximate surface area is 233 Å². The molecule has 212 valence electrons. The first-order chi connectivity index (χ1) is 19.7. The van der Waals surface area contributed by atoms with E-state index in [0.717, 1.165) is 12.5 Å². The number of nitrogens with two attached hydrogens (primary N) is 1. The number of nitrogens with zero attached hydrogens (tertiary/aromatic N) is 5. The van der Waals surface area contributed by atoms with Gasteiger partial charge in [0.15, 0.2) is 11.5 Å². The monoisotopic (exact) mass is 564 g/mol. The molecule has 0 spiro atoms. The predicted molar refractivity (Wildman–Crippen MR) is 141 cm³/mol. The van der Waals surface area contributed by atoms with Crippen LogP contribution in [0.2, 0.25) is 0 Å². The molecule has 0 radical (unpaired) electrons. The maximum Gasteiger partial charge on any atom is 0.417 e. The SMILES string of the molecule is NC1=N[C@](CC2CCOC2)(c2ccccc2)C(=O)N1Cc1ccc(C(F)(F)F)c(C(=O)N2Cc3nccnc3C2)c1. The number of carbonyl (C=O) groups excluding carboxylic acids is 2. The van der Waals surface area contributed by atoms with Gasteiger partial charge in [-0.25, -0.2) is 4.99 Å². The Balaban J connectivity index is 1.31. The number of guanidine groups is 1. The van der Waals surface area contributed by atoms with Crippen molar-refractivity contribution >= 4 is 17.8 Å². The van der Waals surface area contributed by atoms with Crippen LogP contribution in [0, 0.1) is 5.92 Å². The van der Waals surface area contributed by atoms with Crippen molar-refractivity contribution in [3.8, 4) is 0 Å². The van der Waals surface area contributed by atoms with Crippen molar-refractivity contribution in [2.24, 2.45) is 16.6 Å². The minimum atomic E-state index is -4.76. The van der Waals surface area contributed by atoms with Crippen LogP contribution in [-0.4, -0.2) is 50.8 Å². The number of halogens is 3. The minimum Gasteiger partial charge on any atom is -0.381 e. The van der Waals surface area contributed by atoms with Gasteiger partial charge in [0.05, 0.1) is 42.1 Å². The number of hydrogen-bond donors (Lipinski definition) is 1. The molecule has 1 saturated heterocycles. The first-order valence-electron chi connectivity index (χ1n) is 13.2. The van der Waals surface area contributed by atoms with Gasteiger partial charge in [-0.2, -0.15) is 13.2 Å². The third-order valence-corrected chi connectivity index (χ3v) is 7.83. The van der Waals surface area contributed by atoms with E-state index in [4.69, 9.17) is 10.5 Å². The van der Waals surface area contributed by atoms with E-state index in [0.29, 0.717) is 42.1 Å². The van der Waals surface area contributed by atoms with Gasteiger partial charge in [-0.15, -0.1) is 0 Å². The van der Waals surface area contributed by atoms with Crippen LogP contribution < -0.4 is 5.73 Å². The van der Waals surface area contributed by atoms with Crippen molar-refractivity contribution in [2.75, 3.05) is 13.2 Å². The predicted octanol–water partition coefficient (Wildman–Crippen LogP) is 3.63. The van der Waals surface area contributed by atoms with Crippen molar-refractivity contribution < 1.29 is 27.5 Å². The summed E-state index contributed by atoms with van der Waals surface area (Å²) in [6.07, 6.45) is -0.636. The van der Waals surface area contributed by atoms with E-state index in [1.165, 1.54) is 34.3 Å². The van der Waals surface area contributed by atoms with Crippen molar-refractivity contribution in [1.29, 1.82) is 0 Å². The fraction of sp³-hybridized carbons (Fsp3) is 0.345. The molecule has 0 bridgehead atoms. The summed E-state index contributed by atoms with van der Waals surface area (Å²) in [5.41, 5.74) is 5.55. The third kappa shape index (κ3) is 4.92. The Hall–Kier alpha value is -4.32. The second kappa shape index (κ2) is 10.3. The molecule has 9 nitrogen and oxygen atoms in total. The maximum absolute atomic E-state index is 14.0. The Morgan fingerprint density at radius 2 is 1.78 bits per heavy atom. The average molecular weight is 565 g/mol. The molecule has 2 amide bonds. The molecule has 3 aliphatic rings. The number of aliphatic imine (C=N–C) groups is 1. The second-order valence-corrected chi connectivity index (χ2v) is 10.5. The molecule has 1 aromatic heterocycles. The summed E-state index contributed by atoms with van der Waals surface area (Å²) in [6, 6.07) is 12.4. The van der Waals surface area contributed by atoms with Gasteiger partial charge in [0.25, 0.3) is 11.8 Å². The molecule has 6 rings (SSSR count). The van der Waals surface area contributed by atoms with Gasteiger partial charge in [0.1, 0.15) is 0 Å². The van der Waals surface area contributed by atoms with Crippen molar-refractivity contribution in [2.45, 2.75) is 44.2 Å². The van der Waals surface area contributed by atoms with Crippen LogP contribution in [0.25, 0.3) is 0 Å². The summed E-state index contributed by atoms with van der Waals surface area (Å²) < 4.78 is 47.5. The largest absolute Gasteiger partial charge is 0.417 e. The fourth-order valence-corrected chi connectivity index (χ4v) is 5.79. The first-order valence-corrected chi connectivity index (χ1v) is 13.2. The number of alkyl halides is 3.